The van der Waals surface area contributed by atoms with Gasteiger partial charge in [0.15, 0.2) is 0 Å². The fourth-order valence-electron chi connectivity index (χ4n) is 3.14. The average Bonchev–Trinajstić information content (AvgIpc) is 3.20. The highest BCUT2D eigenvalue weighted by Gasteiger charge is 2.39. The van der Waals surface area contributed by atoms with Crippen LogP contribution in [0.4, 0.5) is 5.69 Å². The molecule has 1 atom stereocenters. The Labute approximate surface area is 158 Å². The molecular weight excluding hydrogens is 368 g/mol. The molecule has 0 bridgehead atoms. The first-order chi connectivity index (χ1) is 13.0. The summed E-state index contributed by atoms with van der Waals surface area (Å²) in [6, 6.07) is 12.4. The number of hydrogen-bond acceptors (Lipinski definition) is 5. The lowest BCUT2D eigenvalue weighted by atomic mass is 10.2. The van der Waals surface area contributed by atoms with Gasteiger partial charge in [-0.1, -0.05) is 18.2 Å². The van der Waals surface area contributed by atoms with Crippen molar-refractivity contribution in [1.29, 1.82) is 0 Å². The first kappa shape index (κ1) is 19.2. The van der Waals surface area contributed by atoms with Crippen LogP contribution in [0.15, 0.2) is 53.4 Å². The lowest BCUT2D eigenvalue weighted by molar-refractivity contribution is -0.119. The van der Waals surface area contributed by atoms with Crippen LogP contribution in [-0.4, -0.2) is 45.4 Å². The number of sulfonamides is 1. The zero-order valence-electron chi connectivity index (χ0n) is 15.2. The second-order valence-electron chi connectivity index (χ2n) is 6.14. The van der Waals surface area contributed by atoms with Gasteiger partial charge in [-0.05, 0) is 37.1 Å². The lowest BCUT2D eigenvalue weighted by Gasteiger charge is -2.23. The molecule has 1 saturated heterocycles. The standard InChI is InChI=1S/C19H22N2O5S/c1-25-14-10-11-16(18(13-14)26-2)20-19(22)17-9-6-12-21(17)27(23,24)15-7-4-3-5-8-15/h3-5,7-8,10-11,13,17H,6,9,12H2,1-2H3,(H,20,22). The van der Waals surface area contributed by atoms with Crippen LogP contribution in [0.5, 0.6) is 11.5 Å². The minimum atomic E-state index is -3.73. The van der Waals surface area contributed by atoms with Crippen molar-refractivity contribution < 1.29 is 22.7 Å². The summed E-state index contributed by atoms with van der Waals surface area (Å²) in [5.74, 6) is 0.660. The van der Waals surface area contributed by atoms with Gasteiger partial charge in [0.2, 0.25) is 15.9 Å². The van der Waals surface area contributed by atoms with Gasteiger partial charge in [0, 0.05) is 12.6 Å². The third-order valence-electron chi connectivity index (χ3n) is 4.52. The molecule has 1 aliphatic heterocycles. The van der Waals surface area contributed by atoms with Gasteiger partial charge in [-0.25, -0.2) is 8.42 Å². The number of nitrogens with zero attached hydrogens (tertiary/aromatic N) is 1. The molecule has 1 amide bonds. The van der Waals surface area contributed by atoms with Crippen LogP contribution in [0.3, 0.4) is 0 Å². The quantitative estimate of drug-likeness (QED) is 0.819. The smallest absolute Gasteiger partial charge is 0.243 e. The molecule has 8 heteroatoms. The minimum Gasteiger partial charge on any atom is -0.497 e. The summed E-state index contributed by atoms with van der Waals surface area (Å²) in [6.45, 7) is 0.315. The SMILES string of the molecule is COc1ccc(NC(=O)C2CCCN2S(=O)(=O)c2ccccc2)c(OC)c1. The van der Waals surface area contributed by atoms with E-state index in [1.54, 1.807) is 36.4 Å². The fraction of sp³-hybridized carbons (Fsp3) is 0.316. The normalized spacial score (nSPS) is 17.5. The average molecular weight is 390 g/mol. The van der Waals surface area contributed by atoms with Crippen LogP contribution in [0.25, 0.3) is 0 Å². The highest BCUT2D eigenvalue weighted by atomic mass is 32.2. The number of hydrogen-bond donors (Lipinski definition) is 1. The predicted octanol–water partition coefficient (Wildman–Crippen LogP) is 2.50. The van der Waals surface area contributed by atoms with E-state index >= 15 is 0 Å². The van der Waals surface area contributed by atoms with Gasteiger partial charge >= 0.3 is 0 Å². The minimum absolute atomic E-state index is 0.187. The second kappa shape index (κ2) is 7.98. The Morgan fingerprint density at radius 1 is 1.11 bits per heavy atom. The van der Waals surface area contributed by atoms with Crippen molar-refractivity contribution in [3.63, 3.8) is 0 Å². The Morgan fingerprint density at radius 2 is 1.85 bits per heavy atom. The molecule has 1 aliphatic rings. The zero-order valence-corrected chi connectivity index (χ0v) is 16.0. The van der Waals surface area contributed by atoms with Gasteiger partial charge in [-0.15, -0.1) is 0 Å². The third-order valence-corrected chi connectivity index (χ3v) is 6.45. The summed E-state index contributed by atoms with van der Waals surface area (Å²) in [6.07, 6.45) is 1.10. The molecule has 0 saturated carbocycles. The first-order valence-corrected chi connectivity index (χ1v) is 10.0. The zero-order chi connectivity index (χ0) is 19.4. The highest BCUT2D eigenvalue weighted by molar-refractivity contribution is 7.89. The number of rotatable bonds is 6. The van der Waals surface area contributed by atoms with E-state index in [1.807, 2.05) is 0 Å². The predicted molar refractivity (Wildman–Crippen MR) is 102 cm³/mol. The van der Waals surface area contributed by atoms with Gasteiger partial charge in [0.25, 0.3) is 0 Å². The summed E-state index contributed by atoms with van der Waals surface area (Å²) in [5, 5.41) is 2.78. The van der Waals surface area contributed by atoms with E-state index in [-0.39, 0.29) is 10.8 Å². The van der Waals surface area contributed by atoms with E-state index in [0.29, 0.717) is 36.6 Å². The van der Waals surface area contributed by atoms with Gasteiger partial charge in [-0.2, -0.15) is 4.31 Å². The van der Waals surface area contributed by atoms with E-state index < -0.39 is 16.1 Å². The molecule has 0 radical (unpaired) electrons. The first-order valence-electron chi connectivity index (χ1n) is 8.57. The molecule has 27 heavy (non-hydrogen) atoms. The van der Waals surface area contributed by atoms with Crippen LogP contribution < -0.4 is 14.8 Å². The monoisotopic (exact) mass is 390 g/mol. The van der Waals surface area contributed by atoms with E-state index in [4.69, 9.17) is 9.47 Å². The molecule has 7 nitrogen and oxygen atoms in total. The van der Waals surface area contributed by atoms with Crippen molar-refractivity contribution in [2.24, 2.45) is 0 Å². The Kier molecular flexibility index (Phi) is 5.67. The number of nitrogens with one attached hydrogen (secondary N) is 1. The maximum absolute atomic E-state index is 12.9. The number of carbonyl (C=O) groups is 1. The fourth-order valence-corrected chi connectivity index (χ4v) is 4.81. The maximum Gasteiger partial charge on any atom is 0.243 e. The number of methoxy groups -OCH3 is 2. The third kappa shape index (κ3) is 3.91. The molecule has 1 unspecified atom stereocenters. The number of amides is 1. The van der Waals surface area contributed by atoms with Gasteiger partial charge in [0.05, 0.1) is 24.8 Å². The summed E-state index contributed by atoms with van der Waals surface area (Å²) >= 11 is 0. The number of benzene rings is 2. The summed E-state index contributed by atoms with van der Waals surface area (Å²) in [5.41, 5.74) is 0.465. The largest absolute Gasteiger partial charge is 0.497 e. The van der Waals surface area contributed by atoms with Crippen LogP contribution in [-0.2, 0) is 14.8 Å². The number of anilines is 1. The van der Waals surface area contributed by atoms with Crippen molar-refractivity contribution in [3.8, 4) is 11.5 Å². The van der Waals surface area contributed by atoms with E-state index in [2.05, 4.69) is 5.32 Å². The molecule has 0 spiro atoms. The molecule has 144 valence electrons. The van der Waals surface area contributed by atoms with E-state index in [1.165, 1.54) is 30.7 Å². The van der Waals surface area contributed by atoms with Gasteiger partial charge in [0.1, 0.15) is 17.5 Å². The lowest BCUT2D eigenvalue weighted by Crippen LogP contribution is -2.43. The molecule has 1 fully saturated rings. The van der Waals surface area contributed by atoms with E-state index in [0.717, 1.165) is 0 Å². The number of ether oxygens (including phenoxy) is 2. The van der Waals surface area contributed by atoms with Crippen molar-refractivity contribution in [1.82, 2.24) is 4.31 Å². The molecule has 0 aromatic heterocycles. The Balaban J connectivity index is 1.82. The van der Waals surface area contributed by atoms with Crippen molar-refractivity contribution in [3.05, 3.63) is 48.5 Å². The van der Waals surface area contributed by atoms with E-state index in [9.17, 15) is 13.2 Å². The summed E-state index contributed by atoms with van der Waals surface area (Å²) in [4.78, 5) is 13.0. The maximum atomic E-state index is 12.9. The molecular formula is C19H22N2O5S. The summed E-state index contributed by atoms with van der Waals surface area (Å²) < 4.78 is 37.5. The molecule has 0 aliphatic carbocycles. The highest BCUT2D eigenvalue weighted by Crippen LogP contribution is 2.31. The summed E-state index contributed by atoms with van der Waals surface area (Å²) in [7, 11) is -0.698. The van der Waals surface area contributed by atoms with Gasteiger partial charge < -0.3 is 14.8 Å². The number of carbonyl (C=O) groups excluding carboxylic acids is 1. The Bertz CT molecular complexity index is 915. The van der Waals surface area contributed by atoms with Crippen LogP contribution >= 0.6 is 0 Å². The molecule has 2 aromatic rings. The van der Waals surface area contributed by atoms with Crippen LogP contribution in [0.2, 0.25) is 0 Å². The Hall–Kier alpha value is -2.58. The Morgan fingerprint density at radius 3 is 2.52 bits per heavy atom. The van der Waals surface area contributed by atoms with Gasteiger partial charge in [-0.3, -0.25) is 4.79 Å². The van der Waals surface area contributed by atoms with Crippen LogP contribution in [0.1, 0.15) is 12.8 Å². The topological polar surface area (TPSA) is 84.9 Å². The van der Waals surface area contributed by atoms with Crippen molar-refractivity contribution >= 4 is 21.6 Å². The van der Waals surface area contributed by atoms with Crippen molar-refractivity contribution in [2.45, 2.75) is 23.8 Å². The van der Waals surface area contributed by atoms with Crippen molar-refractivity contribution in [2.75, 3.05) is 26.1 Å². The molecule has 1 N–H and O–H groups in total. The molecule has 1 heterocycles. The molecule has 2 aromatic carbocycles. The second-order valence-corrected chi connectivity index (χ2v) is 8.03. The molecule has 3 rings (SSSR count). The van der Waals surface area contributed by atoms with Crippen LogP contribution in [0, 0.1) is 0 Å².